The lowest BCUT2D eigenvalue weighted by Crippen LogP contribution is -2.06. The summed E-state index contributed by atoms with van der Waals surface area (Å²) in [5.41, 5.74) is 5.60. The number of ether oxygens (including phenoxy) is 4. The monoisotopic (exact) mass is 508 g/mol. The summed E-state index contributed by atoms with van der Waals surface area (Å²) in [5.74, 6) is 2.26. The van der Waals surface area contributed by atoms with Gasteiger partial charge in [-0.25, -0.2) is 0 Å². The number of nitrogens with zero attached hydrogens (tertiary/aromatic N) is 1. The predicted octanol–water partition coefficient (Wildman–Crippen LogP) is 6.38. The van der Waals surface area contributed by atoms with Crippen LogP contribution in [0.3, 0.4) is 0 Å². The van der Waals surface area contributed by atoms with Gasteiger partial charge in [-0.15, -0.1) is 0 Å². The number of halogens is 3. The van der Waals surface area contributed by atoms with Gasteiger partial charge in [0, 0.05) is 0 Å². The molecule has 6 nitrogen and oxygen atoms in total. The molecule has 9 heteroatoms. The van der Waals surface area contributed by atoms with Crippen LogP contribution in [0.25, 0.3) is 0 Å². The molecule has 1 N–H and O–H groups in total. The second-order valence-electron chi connectivity index (χ2n) is 6.85. The number of hydrogen-bond acceptors (Lipinski definition) is 6. The minimum atomic E-state index is 0.257. The molecular formula is C24H23Cl3N2O4. The Bertz CT molecular complexity index is 1140. The number of rotatable bonds is 10. The van der Waals surface area contributed by atoms with E-state index in [-0.39, 0.29) is 6.61 Å². The van der Waals surface area contributed by atoms with Gasteiger partial charge in [0.2, 0.25) is 0 Å². The lowest BCUT2D eigenvalue weighted by atomic mass is 10.2. The fourth-order valence-electron chi connectivity index (χ4n) is 2.99. The molecule has 3 rings (SSSR count). The minimum absolute atomic E-state index is 0.257. The number of hydrazone groups is 1. The second kappa shape index (κ2) is 11.9. The number of nitrogens with one attached hydrogen (secondary N) is 1. The first kappa shape index (κ1) is 24.8. The van der Waals surface area contributed by atoms with Crippen molar-refractivity contribution in [3.63, 3.8) is 0 Å². The van der Waals surface area contributed by atoms with Crippen LogP contribution in [0, 0.1) is 0 Å². The standard InChI is InChI=1S/C24H23Cl3N2O4/c1-30-21-7-5-15(10-22(21)31-2)12-28-29-13-17-9-20(27)24(23(11-17)32-3)33-14-16-4-6-18(25)19(26)8-16/h4-11,13,28H,12,14H2,1-3H3/b29-13-. The van der Waals surface area contributed by atoms with Crippen LogP contribution in [0.4, 0.5) is 0 Å². The Morgan fingerprint density at radius 2 is 1.48 bits per heavy atom. The van der Waals surface area contributed by atoms with Crippen molar-refractivity contribution in [1.29, 1.82) is 0 Å². The van der Waals surface area contributed by atoms with Crippen molar-refractivity contribution in [1.82, 2.24) is 5.43 Å². The Morgan fingerprint density at radius 3 is 2.18 bits per heavy atom. The van der Waals surface area contributed by atoms with Gasteiger partial charge in [-0.3, -0.25) is 0 Å². The SMILES string of the molecule is COc1ccc(CN/N=C\c2cc(Cl)c(OCc3ccc(Cl)c(Cl)c3)c(OC)c2)cc1OC. The van der Waals surface area contributed by atoms with E-state index in [1.165, 1.54) is 0 Å². The summed E-state index contributed by atoms with van der Waals surface area (Å²) >= 11 is 18.5. The molecule has 0 radical (unpaired) electrons. The summed E-state index contributed by atoms with van der Waals surface area (Å²) < 4.78 is 21.9. The molecule has 0 saturated heterocycles. The summed E-state index contributed by atoms with van der Waals surface area (Å²) in [5, 5.41) is 5.61. The smallest absolute Gasteiger partial charge is 0.180 e. The highest BCUT2D eigenvalue weighted by atomic mass is 35.5. The van der Waals surface area contributed by atoms with Crippen LogP contribution in [-0.4, -0.2) is 27.5 Å². The fraction of sp³-hybridized carbons (Fsp3) is 0.208. The summed E-state index contributed by atoms with van der Waals surface area (Å²) in [6.07, 6.45) is 1.65. The van der Waals surface area contributed by atoms with Gasteiger partial charge in [0.05, 0.1) is 49.2 Å². The molecule has 0 bridgehead atoms. The topological polar surface area (TPSA) is 61.3 Å². The molecule has 0 spiro atoms. The average Bonchev–Trinajstić information content (AvgIpc) is 2.82. The van der Waals surface area contributed by atoms with Crippen LogP contribution >= 0.6 is 34.8 Å². The zero-order valence-corrected chi connectivity index (χ0v) is 20.6. The first-order valence-electron chi connectivity index (χ1n) is 9.86. The molecule has 0 amide bonds. The number of benzene rings is 3. The van der Waals surface area contributed by atoms with Crippen molar-refractivity contribution >= 4 is 41.0 Å². The van der Waals surface area contributed by atoms with Crippen LogP contribution in [0.15, 0.2) is 53.6 Å². The Kier molecular flexibility index (Phi) is 8.95. The highest BCUT2D eigenvalue weighted by Crippen LogP contribution is 2.37. The normalized spacial score (nSPS) is 10.8. The van der Waals surface area contributed by atoms with E-state index in [2.05, 4.69) is 10.5 Å². The van der Waals surface area contributed by atoms with Gasteiger partial charge in [-0.05, 0) is 53.1 Å². The van der Waals surface area contributed by atoms with Crippen LogP contribution in [0.2, 0.25) is 15.1 Å². The summed E-state index contributed by atoms with van der Waals surface area (Å²) in [4.78, 5) is 0. The van der Waals surface area contributed by atoms with Gasteiger partial charge < -0.3 is 24.4 Å². The third-order valence-corrected chi connectivity index (χ3v) is 5.67. The molecule has 0 aromatic heterocycles. The molecule has 0 heterocycles. The second-order valence-corrected chi connectivity index (χ2v) is 8.08. The van der Waals surface area contributed by atoms with E-state index in [0.717, 1.165) is 16.7 Å². The molecule has 3 aromatic carbocycles. The van der Waals surface area contributed by atoms with Crippen molar-refractivity contribution in [3.8, 4) is 23.0 Å². The van der Waals surface area contributed by atoms with Crippen LogP contribution < -0.4 is 24.4 Å². The van der Waals surface area contributed by atoms with Crippen molar-refractivity contribution < 1.29 is 18.9 Å². The Balaban J connectivity index is 1.65. The maximum atomic E-state index is 6.45. The lowest BCUT2D eigenvalue weighted by Gasteiger charge is -2.13. The highest BCUT2D eigenvalue weighted by Gasteiger charge is 2.12. The molecule has 0 saturated carbocycles. The van der Waals surface area contributed by atoms with Crippen LogP contribution in [0.5, 0.6) is 23.0 Å². The van der Waals surface area contributed by atoms with Gasteiger partial charge in [0.15, 0.2) is 23.0 Å². The number of methoxy groups -OCH3 is 3. The van der Waals surface area contributed by atoms with E-state index in [1.807, 2.05) is 24.3 Å². The molecule has 0 fully saturated rings. The molecule has 0 aliphatic carbocycles. The molecule has 33 heavy (non-hydrogen) atoms. The van der Waals surface area contributed by atoms with Gasteiger partial charge in [0.1, 0.15) is 6.61 Å². The quantitative estimate of drug-likeness (QED) is 0.254. The Hall–Kier alpha value is -2.80. The fourth-order valence-corrected chi connectivity index (χ4v) is 3.58. The van der Waals surface area contributed by atoms with Gasteiger partial charge >= 0.3 is 0 Å². The number of hydrogen-bond donors (Lipinski definition) is 1. The third-order valence-electron chi connectivity index (χ3n) is 4.65. The molecule has 3 aromatic rings. The van der Waals surface area contributed by atoms with E-state index in [0.29, 0.717) is 44.6 Å². The Morgan fingerprint density at radius 1 is 0.758 bits per heavy atom. The molecule has 0 unspecified atom stereocenters. The van der Waals surface area contributed by atoms with E-state index in [1.54, 1.807) is 51.8 Å². The van der Waals surface area contributed by atoms with Gasteiger partial charge in [-0.2, -0.15) is 5.10 Å². The van der Waals surface area contributed by atoms with E-state index in [9.17, 15) is 0 Å². The molecule has 0 aliphatic rings. The maximum Gasteiger partial charge on any atom is 0.180 e. The molecular weight excluding hydrogens is 487 g/mol. The first-order valence-corrected chi connectivity index (χ1v) is 11.0. The lowest BCUT2D eigenvalue weighted by molar-refractivity contribution is 0.284. The third kappa shape index (κ3) is 6.60. The van der Waals surface area contributed by atoms with Crippen molar-refractivity contribution in [2.75, 3.05) is 21.3 Å². The van der Waals surface area contributed by atoms with Crippen LogP contribution in [0.1, 0.15) is 16.7 Å². The largest absolute Gasteiger partial charge is 0.493 e. The molecule has 0 atom stereocenters. The average molecular weight is 510 g/mol. The van der Waals surface area contributed by atoms with Crippen molar-refractivity contribution in [2.45, 2.75) is 13.2 Å². The van der Waals surface area contributed by atoms with Crippen LogP contribution in [-0.2, 0) is 13.2 Å². The molecule has 0 aliphatic heterocycles. The summed E-state index contributed by atoms with van der Waals surface area (Å²) in [6, 6.07) is 14.5. The maximum absolute atomic E-state index is 6.45. The van der Waals surface area contributed by atoms with E-state index >= 15 is 0 Å². The predicted molar refractivity (Wildman–Crippen MR) is 133 cm³/mol. The van der Waals surface area contributed by atoms with E-state index < -0.39 is 0 Å². The van der Waals surface area contributed by atoms with Crippen molar-refractivity contribution in [3.05, 3.63) is 80.3 Å². The Labute approximate surface area is 208 Å². The van der Waals surface area contributed by atoms with Gasteiger partial charge in [-0.1, -0.05) is 46.9 Å². The zero-order valence-electron chi connectivity index (χ0n) is 18.3. The zero-order chi connectivity index (χ0) is 23.8. The summed E-state index contributed by atoms with van der Waals surface area (Å²) in [7, 11) is 4.75. The first-order chi connectivity index (χ1) is 15.9. The van der Waals surface area contributed by atoms with Gasteiger partial charge in [0.25, 0.3) is 0 Å². The minimum Gasteiger partial charge on any atom is -0.493 e. The molecule has 174 valence electrons. The van der Waals surface area contributed by atoms with Crippen molar-refractivity contribution in [2.24, 2.45) is 5.10 Å². The van der Waals surface area contributed by atoms with E-state index in [4.69, 9.17) is 53.8 Å². The highest BCUT2D eigenvalue weighted by molar-refractivity contribution is 6.42. The summed E-state index contributed by atoms with van der Waals surface area (Å²) in [6.45, 7) is 0.764.